The molecule has 0 aromatic heterocycles. The lowest BCUT2D eigenvalue weighted by atomic mass is 10.1. The number of rotatable bonds is 8. The molecule has 32 heavy (non-hydrogen) atoms. The van der Waals surface area contributed by atoms with E-state index >= 15 is 0 Å². The molecule has 0 spiro atoms. The lowest BCUT2D eigenvalue weighted by Gasteiger charge is -2.32. The standard InChI is InChI=1S/C10H18N5O14P3/c11-10-13-7-4(8(18)14-10)12-2-15(7)9-6(17)5(16)3(27-9)1-26-31(22,23)29-32(24,25)28-30(19,20)21/h2-7,9,16-17H,1H2,(H,22,23)(H,24,25)(H2,19,20,21)(H3,11,13,14,18)/t3-,4-,5-,6-,7-,9+/m1/s1. The van der Waals surface area contributed by atoms with Crippen LogP contribution >= 0.6 is 23.5 Å². The van der Waals surface area contributed by atoms with Gasteiger partial charge in [-0.05, 0) is 0 Å². The SMILES string of the molecule is NC1=N[C@H]2[C@@H](N=CN2[C@H]2O[C@H](COP(=O)(O)OP(=O)(O)OP(=O)(O)O)[C@@H](O)[C@H]2O)C(=O)N1. The van der Waals surface area contributed by atoms with Crippen molar-refractivity contribution >= 4 is 41.7 Å². The van der Waals surface area contributed by atoms with E-state index in [9.17, 15) is 33.6 Å². The summed E-state index contributed by atoms with van der Waals surface area (Å²) in [6.45, 7) is -0.997. The Kier molecular flexibility index (Phi) is 6.97. The molecule has 2 unspecified atom stereocenters. The lowest BCUT2D eigenvalue weighted by Crippen LogP contribution is -2.56. The molecule has 1 fully saturated rings. The zero-order valence-corrected chi connectivity index (χ0v) is 18.1. The molecule has 9 N–H and O–H groups in total. The predicted octanol–water partition coefficient (Wildman–Crippen LogP) is -3.74. The van der Waals surface area contributed by atoms with Gasteiger partial charge in [0, 0.05) is 0 Å². The summed E-state index contributed by atoms with van der Waals surface area (Å²) >= 11 is 0. The molecule has 3 aliphatic rings. The number of amides is 1. The number of aliphatic imine (C=N–C) groups is 2. The number of fused-ring (bicyclic) bond motifs is 1. The maximum absolute atomic E-state index is 11.9. The Morgan fingerprint density at radius 2 is 1.78 bits per heavy atom. The van der Waals surface area contributed by atoms with Crippen LogP contribution in [-0.4, -0.2) is 96.2 Å². The van der Waals surface area contributed by atoms with Crippen molar-refractivity contribution in [2.24, 2.45) is 15.7 Å². The average Bonchev–Trinajstić information content (AvgIpc) is 3.12. The average molecular weight is 525 g/mol. The minimum atomic E-state index is -5.73. The summed E-state index contributed by atoms with van der Waals surface area (Å²) in [7, 11) is -16.8. The fraction of sp³-hybridized carbons (Fsp3) is 0.700. The van der Waals surface area contributed by atoms with Crippen molar-refractivity contribution in [2.75, 3.05) is 6.61 Å². The first-order valence-corrected chi connectivity index (χ1v) is 12.9. The second-order valence-electron chi connectivity index (χ2n) is 6.51. The van der Waals surface area contributed by atoms with Crippen molar-refractivity contribution in [1.82, 2.24) is 10.2 Å². The van der Waals surface area contributed by atoms with Gasteiger partial charge in [-0.1, -0.05) is 0 Å². The quantitative estimate of drug-likeness (QED) is 0.141. The smallest absolute Gasteiger partial charge is 0.387 e. The van der Waals surface area contributed by atoms with E-state index in [0.717, 1.165) is 6.34 Å². The Morgan fingerprint density at radius 1 is 1.12 bits per heavy atom. The Hall–Kier alpha value is -1.30. The lowest BCUT2D eigenvalue weighted by molar-refractivity contribution is -0.124. The van der Waals surface area contributed by atoms with Crippen LogP contribution in [0, 0.1) is 0 Å². The molecule has 0 bridgehead atoms. The van der Waals surface area contributed by atoms with E-state index in [2.05, 4.69) is 28.4 Å². The number of nitrogens with one attached hydrogen (secondary N) is 1. The highest BCUT2D eigenvalue weighted by molar-refractivity contribution is 7.66. The number of carbonyl (C=O) groups excluding carboxylic acids is 1. The number of guanidine groups is 1. The van der Waals surface area contributed by atoms with Crippen LogP contribution in [0.2, 0.25) is 0 Å². The van der Waals surface area contributed by atoms with E-state index in [-0.39, 0.29) is 5.96 Å². The topological polar surface area (TPSA) is 293 Å². The fourth-order valence-electron chi connectivity index (χ4n) is 2.97. The molecule has 0 aromatic carbocycles. The van der Waals surface area contributed by atoms with Gasteiger partial charge < -0.3 is 45.2 Å². The summed E-state index contributed by atoms with van der Waals surface area (Å²) < 4.78 is 50.6. The van der Waals surface area contributed by atoms with Gasteiger partial charge in [0.05, 0.1) is 12.9 Å². The third kappa shape index (κ3) is 5.78. The van der Waals surface area contributed by atoms with Crippen molar-refractivity contribution < 1.29 is 66.2 Å². The van der Waals surface area contributed by atoms with Crippen LogP contribution in [-0.2, 0) is 36.4 Å². The highest BCUT2D eigenvalue weighted by atomic mass is 31.3. The van der Waals surface area contributed by atoms with Crippen molar-refractivity contribution in [2.45, 2.75) is 36.7 Å². The van der Waals surface area contributed by atoms with Crippen LogP contribution in [0.4, 0.5) is 0 Å². The van der Waals surface area contributed by atoms with Crippen molar-refractivity contribution in [1.29, 1.82) is 0 Å². The van der Waals surface area contributed by atoms with Gasteiger partial charge in [-0.15, -0.1) is 0 Å². The summed E-state index contributed by atoms with van der Waals surface area (Å²) in [5.41, 5.74) is 5.50. The minimum absolute atomic E-state index is 0.219. The number of ether oxygens (including phenoxy) is 1. The van der Waals surface area contributed by atoms with E-state index in [1.807, 2.05) is 0 Å². The molecular formula is C10H18N5O14P3. The van der Waals surface area contributed by atoms with Gasteiger partial charge in [-0.25, -0.2) is 18.7 Å². The molecule has 22 heteroatoms. The van der Waals surface area contributed by atoms with Crippen LogP contribution < -0.4 is 11.1 Å². The monoisotopic (exact) mass is 525 g/mol. The van der Waals surface area contributed by atoms with Crippen LogP contribution in [0.3, 0.4) is 0 Å². The summed E-state index contributed by atoms with van der Waals surface area (Å²) in [4.78, 5) is 56.6. The Labute approximate surface area is 177 Å². The zero-order chi connectivity index (χ0) is 24.1. The molecular weight excluding hydrogens is 507 g/mol. The second kappa shape index (κ2) is 8.81. The predicted molar refractivity (Wildman–Crippen MR) is 98.2 cm³/mol. The van der Waals surface area contributed by atoms with Crippen LogP contribution in [0.5, 0.6) is 0 Å². The highest BCUT2D eigenvalue weighted by Gasteiger charge is 2.52. The van der Waals surface area contributed by atoms with Crippen molar-refractivity contribution in [3.05, 3.63) is 0 Å². The molecule has 0 saturated carbocycles. The molecule has 3 heterocycles. The number of nitrogens with zero attached hydrogens (tertiary/aromatic N) is 3. The fourth-order valence-corrected chi connectivity index (χ4v) is 6.00. The van der Waals surface area contributed by atoms with E-state index < -0.39 is 72.7 Å². The molecule has 0 aliphatic carbocycles. The summed E-state index contributed by atoms with van der Waals surface area (Å²) in [6.07, 6.45) is -6.13. The van der Waals surface area contributed by atoms with Gasteiger partial charge in [0.25, 0.3) is 5.91 Å². The largest absolute Gasteiger partial charge is 0.490 e. The van der Waals surface area contributed by atoms with Crippen LogP contribution in [0.1, 0.15) is 0 Å². The summed E-state index contributed by atoms with van der Waals surface area (Å²) in [5.74, 6) is -0.789. The van der Waals surface area contributed by atoms with Crippen molar-refractivity contribution in [3.63, 3.8) is 0 Å². The van der Waals surface area contributed by atoms with E-state index in [4.69, 9.17) is 25.2 Å². The molecule has 8 atom stereocenters. The zero-order valence-electron chi connectivity index (χ0n) is 15.5. The number of phosphoric acid groups is 3. The van der Waals surface area contributed by atoms with Crippen LogP contribution in [0.15, 0.2) is 9.98 Å². The number of nitrogens with two attached hydrogens (primary N) is 1. The minimum Gasteiger partial charge on any atom is -0.387 e. The first-order valence-electron chi connectivity index (χ1n) is 8.33. The first kappa shape index (κ1) is 25.3. The number of aliphatic hydroxyl groups excluding tert-OH is 2. The molecule has 1 saturated heterocycles. The normalized spacial score (nSPS) is 36.2. The third-order valence-corrected chi connectivity index (χ3v) is 7.99. The second-order valence-corrected chi connectivity index (χ2v) is 10.9. The molecule has 3 aliphatic heterocycles. The Bertz CT molecular complexity index is 969. The number of hydrogen-bond donors (Lipinski definition) is 8. The Morgan fingerprint density at radius 3 is 2.41 bits per heavy atom. The number of carbonyl (C=O) groups is 1. The number of aliphatic hydroxyl groups is 2. The number of hydrogen-bond acceptors (Lipinski definition) is 14. The highest BCUT2D eigenvalue weighted by Crippen LogP contribution is 2.66. The molecule has 0 aromatic rings. The summed E-state index contributed by atoms with van der Waals surface area (Å²) in [6, 6.07) is -1.01. The number of phosphoric ester groups is 1. The van der Waals surface area contributed by atoms with Gasteiger partial charge in [-0.2, -0.15) is 8.62 Å². The first-order chi connectivity index (χ1) is 14.6. The van der Waals surface area contributed by atoms with Gasteiger partial charge in [-0.3, -0.25) is 19.6 Å². The van der Waals surface area contributed by atoms with E-state index in [1.165, 1.54) is 4.90 Å². The molecule has 1 amide bonds. The molecule has 19 nitrogen and oxygen atoms in total. The van der Waals surface area contributed by atoms with E-state index in [1.54, 1.807) is 0 Å². The van der Waals surface area contributed by atoms with Gasteiger partial charge in [0.2, 0.25) is 0 Å². The Balaban J connectivity index is 1.63. The third-order valence-electron chi connectivity index (χ3n) is 4.19. The van der Waals surface area contributed by atoms with E-state index in [0.29, 0.717) is 0 Å². The van der Waals surface area contributed by atoms with Gasteiger partial charge >= 0.3 is 23.5 Å². The van der Waals surface area contributed by atoms with Gasteiger partial charge in [0.1, 0.15) is 18.3 Å². The molecule has 182 valence electrons. The maximum Gasteiger partial charge on any atom is 0.490 e. The van der Waals surface area contributed by atoms with Crippen LogP contribution in [0.25, 0.3) is 0 Å². The summed E-state index contributed by atoms with van der Waals surface area (Å²) in [5, 5.41) is 22.7. The molecule has 3 rings (SSSR count). The van der Waals surface area contributed by atoms with Crippen molar-refractivity contribution in [3.8, 4) is 0 Å². The maximum atomic E-state index is 11.9. The molecule has 0 radical (unpaired) electrons. The van der Waals surface area contributed by atoms with Gasteiger partial charge in [0.15, 0.2) is 24.4 Å².